The summed E-state index contributed by atoms with van der Waals surface area (Å²) in [6, 6.07) is -2.39. The standard InChI is InChI=1S/C11H19N3O4S/c1-3-6(2)8(13-11(12)18)9(15)14-5-19-4-7(14)10(16)17/h6-8H,3-5H2,1-2H3,(H,16,17)(H3,12,13,18). The van der Waals surface area contributed by atoms with Gasteiger partial charge < -0.3 is 21.1 Å². The normalized spacial score (nSPS) is 21.8. The topological polar surface area (TPSA) is 113 Å². The highest BCUT2D eigenvalue weighted by Gasteiger charge is 2.39. The maximum absolute atomic E-state index is 12.4. The lowest BCUT2D eigenvalue weighted by atomic mass is 9.97. The van der Waals surface area contributed by atoms with Crippen molar-refractivity contribution in [2.24, 2.45) is 11.7 Å². The molecule has 3 unspecified atom stereocenters. The fourth-order valence-electron chi connectivity index (χ4n) is 1.88. The average molecular weight is 289 g/mol. The van der Waals surface area contributed by atoms with Crippen LogP contribution in [0.3, 0.4) is 0 Å². The molecular weight excluding hydrogens is 270 g/mol. The van der Waals surface area contributed by atoms with Crippen molar-refractivity contribution in [2.75, 3.05) is 11.6 Å². The van der Waals surface area contributed by atoms with Gasteiger partial charge in [0.25, 0.3) is 0 Å². The number of carboxylic acids is 1. The fourth-order valence-corrected chi connectivity index (χ4v) is 3.03. The van der Waals surface area contributed by atoms with Crippen molar-refractivity contribution in [3.8, 4) is 0 Å². The number of carbonyl (C=O) groups is 3. The Morgan fingerprint density at radius 2 is 2.16 bits per heavy atom. The molecule has 0 spiro atoms. The van der Waals surface area contributed by atoms with E-state index in [0.29, 0.717) is 18.1 Å². The maximum atomic E-state index is 12.4. The monoisotopic (exact) mass is 289 g/mol. The summed E-state index contributed by atoms with van der Waals surface area (Å²) in [7, 11) is 0. The van der Waals surface area contributed by atoms with Crippen molar-refractivity contribution in [1.29, 1.82) is 0 Å². The van der Waals surface area contributed by atoms with Crippen LogP contribution in [0.5, 0.6) is 0 Å². The highest BCUT2D eigenvalue weighted by molar-refractivity contribution is 7.99. The molecule has 108 valence electrons. The molecule has 0 aromatic rings. The van der Waals surface area contributed by atoms with E-state index < -0.39 is 24.1 Å². The maximum Gasteiger partial charge on any atom is 0.327 e. The molecule has 0 aliphatic carbocycles. The number of nitrogens with two attached hydrogens (primary N) is 1. The zero-order valence-corrected chi connectivity index (χ0v) is 11.8. The number of urea groups is 1. The molecular formula is C11H19N3O4S. The number of carboxylic acid groups (broad SMARTS) is 1. The third-order valence-corrected chi connectivity index (χ3v) is 4.24. The lowest BCUT2D eigenvalue weighted by molar-refractivity contribution is -0.148. The SMILES string of the molecule is CCC(C)C(NC(N)=O)C(=O)N1CSCC1C(=O)O. The molecule has 1 rings (SSSR count). The zero-order valence-electron chi connectivity index (χ0n) is 11.0. The van der Waals surface area contributed by atoms with Gasteiger partial charge in [-0.2, -0.15) is 0 Å². The van der Waals surface area contributed by atoms with E-state index in [4.69, 9.17) is 10.8 Å². The van der Waals surface area contributed by atoms with Crippen molar-refractivity contribution < 1.29 is 19.5 Å². The van der Waals surface area contributed by atoms with Crippen LogP contribution in [-0.2, 0) is 9.59 Å². The Hall–Kier alpha value is -1.44. The molecule has 1 fully saturated rings. The van der Waals surface area contributed by atoms with Crippen LogP contribution in [0, 0.1) is 5.92 Å². The summed E-state index contributed by atoms with van der Waals surface area (Å²) in [6.07, 6.45) is 0.676. The van der Waals surface area contributed by atoms with E-state index in [2.05, 4.69) is 5.32 Å². The van der Waals surface area contributed by atoms with E-state index >= 15 is 0 Å². The lowest BCUT2D eigenvalue weighted by Gasteiger charge is -2.29. The molecule has 0 bridgehead atoms. The number of hydrogen-bond acceptors (Lipinski definition) is 4. The van der Waals surface area contributed by atoms with Crippen LogP contribution in [0.4, 0.5) is 4.79 Å². The Balaban J connectivity index is 2.86. The first-order valence-electron chi connectivity index (χ1n) is 6.05. The number of primary amides is 1. The Morgan fingerprint density at radius 3 is 2.63 bits per heavy atom. The molecule has 4 N–H and O–H groups in total. The quantitative estimate of drug-likeness (QED) is 0.662. The summed E-state index contributed by atoms with van der Waals surface area (Å²) in [4.78, 5) is 35.7. The first-order valence-corrected chi connectivity index (χ1v) is 7.21. The largest absolute Gasteiger partial charge is 0.480 e. The Morgan fingerprint density at radius 1 is 1.53 bits per heavy atom. The predicted molar refractivity (Wildman–Crippen MR) is 71.6 cm³/mol. The van der Waals surface area contributed by atoms with Crippen LogP contribution in [0.15, 0.2) is 0 Å². The smallest absolute Gasteiger partial charge is 0.327 e. The van der Waals surface area contributed by atoms with E-state index in [1.807, 2.05) is 13.8 Å². The van der Waals surface area contributed by atoms with Crippen molar-refractivity contribution in [3.05, 3.63) is 0 Å². The van der Waals surface area contributed by atoms with E-state index in [1.54, 1.807) is 0 Å². The highest BCUT2D eigenvalue weighted by Crippen LogP contribution is 2.23. The van der Waals surface area contributed by atoms with Gasteiger partial charge >= 0.3 is 12.0 Å². The summed E-state index contributed by atoms with van der Waals surface area (Å²) in [5.41, 5.74) is 5.07. The molecule has 1 heterocycles. The molecule has 1 aliphatic rings. The fraction of sp³-hybridized carbons (Fsp3) is 0.727. The summed E-state index contributed by atoms with van der Waals surface area (Å²) in [6.45, 7) is 3.71. The highest BCUT2D eigenvalue weighted by atomic mass is 32.2. The number of aliphatic carboxylic acids is 1. The number of rotatable bonds is 5. The molecule has 3 atom stereocenters. The molecule has 1 saturated heterocycles. The first-order chi connectivity index (χ1) is 8.88. The van der Waals surface area contributed by atoms with Crippen molar-refractivity contribution in [2.45, 2.75) is 32.4 Å². The van der Waals surface area contributed by atoms with Gasteiger partial charge in [-0.15, -0.1) is 11.8 Å². The molecule has 3 amide bonds. The number of amides is 3. The third-order valence-electron chi connectivity index (χ3n) is 3.23. The minimum atomic E-state index is -1.03. The van der Waals surface area contributed by atoms with E-state index in [9.17, 15) is 14.4 Å². The van der Waals surface area contributed by atoms with Crippen LogP contribution < -0.4 is 11.1 Å². The predicted octanol–water partition coefficient (Wildman–Crippen LogP) is 0.0555. The van der Waals surface area contributed by atoms with Gasteiger partial charge in [-0.25, -0.2) is 9.59 Å². The number of hydrogen-bond donors (Lipinski definition) is 3. The summed E-state index contributed by atoms with van der Waals surface area (Å²) in [5.74, 6) is -0.834. The van der Waals surface area contributed by atoms with Crippen molar-refractivity contribution in [3.63, 3.8) is 0 Å². The Labute approximate surface area is 115 Å². The van der Waals surface area contributed by atoms with Gasteiger partial charge in [0.1, 0.15) is 12.1 Å². The minimum Gasteiger partial charge on any atom is -0.480 e. The van der Waals surface area contributed by atoms with Crippen LogP contribution in [0.25, 0.3) is 0 Å². The van der Waals surface area contributed by atoms with E-state index in [1.165, 1.54) is 16.7 Å². The van der Waals surface area contributed by atoms with E-state index in [0.717, 1.165) is 0 Å². The Bertz CT molecular complexity index is 377. The van der Waals surface area contributed by atoms with E-state index in [-0.39, 0.29) is 11.8 Å². The van der Waals surface area contributed by atoms with Crippen LogP contribution in [-0.4, -0.2) is 51.6 Å². The lowest BCUT2D eigenvalue weighted by Crippen LogP contribution is -2.55. The molecule has 1 aliphatic heterocycles. The van der Waals surface area contributed by atoms with Gasteiger partial charge in [0, 0.05) is 5.75 Å². The second-order valence-corrected chi connectivity index (χ2v) is 5.53. The molecule has 0 aromatic carbocycles. The second kappa shape index (κ2) is 6.65. The van der Waals surface area contributed by atoms with Crippen molar-refractivity contribution in [1.82, 2.24) is 10.2 Å². The number of carbonyl (C=O) groups excluding carboxylic acids is 2. The Kier molecular flexibility index (Phi) is 5.46. The molecule has 19 heavy (non-hydrogen) atoms. The average Bonchev–Trinajstić information content (AvgIpc) is 2.83. The first kappa shape index (κ1) is 15.6. The van der Waals surface area contributed by atoms with Gasteiger partial charge in [0.05, 0.1) is 5.88 Å². The van der Waals surface area contributed by atoms with Gasteiger partial charge in [0.2, 0.25) is 5.91 Å². The number of nitrogens with zero attached hydrogens (tertiary/aromatic N) is 1. The second-order valence-electron chi connectivity index (χ2n) is 4.53. The van der Waals surface area contributed by atoms with Crippen molar-refractivity contribution >= 4 is 29.7 Å². The molecule has 0 saturated carbocycles. The van der Waals surface area contributed by atoms with Crippen LogP contribution in [0.2, 0.25) is 0 Å². The summed E-state index contributed by atoms with van der Waals surface area (Å²) in [5, 5.41) is 11.5. The summed E-state index contributed by atoms with van der Waals surface area (Å²) >= 11 is 1.38. The van der Waals surface area contributed by atoms with Gasteiger partial charge in [-0.05, 0) is 5.92 Å². The zero-order chi connectivity index (χ0) is 14.6. The van der Waals surface area contributed by atoms with Gasteiger partial charge in [0.15, 0.2) is 0 Å². The molecule has 0 radical (unpaired) electrons. The molecule has 0 aromatic heterocycles. The van der Waals surface area contributed by atoms with Gasteiger partial charge in [-0.1, -0.05) is 20.3 Å². The van der Waals surface area contributed by atoms with Crippen LogP contribution in [0.1, 0.15) is 20.3 Å². The third kappa shape index (κ3) is 3.76. The number of thioether (sulfide) groups is 1. The molecule has 7 nitrogen and oxygen atoms in total. The minimum absolute atomic E-state index is 0.111. The number of nitrogens with one attached hydrogen (secondary N) is 1. The molecule has 8 heteroatoms. The van der Waals surface area contributed by atoms with Gasteiger partial charge in [-0.3, -0.25) is 4.79 Å². The summed E-state index contributed by atoms with van der Waals surface area (Å²) < 4.78 is 0. The van der Waals surface area contributed by atoms with Crippen LogP contribution >= 0.6 is 11.8 Å².